The maximum absolute atomic E-state index is 12.4. The van der Waals surface area contributed by atoms with E-state index in [9.17, 15) is 14.4 Å². The topological polar surface area (TPSA) is 133 Å². The molecule has 2 aromatic rings. The van der Waals surface area contributed by atoms with Gasteiger partial charge >= 0.3 is 0 Å². The number of carbonyl (C=O) groups excluding carboxylic acids is 2. The Balaban J connectivity index is 1.95. The van der Waals surface area contributed by atoms with Crippen LogP contribution < -0.4 is 25.9 Å². The zero-order valence-corrected chi connectivity index (χ0v) is 18.8. The third-order valence-corrected chi connectivity index (χ3v) is 5.02. The number of hydrazine groups is 1. The molecule has 0 unspecified atom stereocenters. The molecule has 0 atom stereocenters. The van der Waals surface area contributed by atoms with E-state index in [1.165, 1.54) is 7.11 Å². The zero-order valence-electron chi connectivity index (χ0n) is 18.8. The first kappa shape index (κ1) is 24.5. The standard InChI is InChI=1S/C23H28N4O5/c1-5-6-11-32-19-9-7-16(12-20(19)31-4)22(29)27-26-21(28)10-8-17-14(2)18(13-24)23(30)25-15(17)3/h7,9,12H,5-6,8,10-11H2,1-4H3,(H,25,30)(H,26,28)(H,27,29). The molecule has 0 fully saturated rings. The van der Waals surface area contributed by atoms with Gasteiger partial charge in [-0.05, 0) is 56.0 Å². The number of hydrogen-bond acceptors (Lipinski definition) is 6. The van der Waals surface area contributed by atoms with E-state index in [2.05, 4.69) is 22.8 Å². The van der Waals surface area contributed by atoms with Gasteiger partial charge in [0.15, 0.2) is 11.5 Å². The van der Waals surface area contributed by atoms with Crippen LogP contribution in [0, 0.1) is 25.2 Å². The molecule has 0 bridgehead atoms. The second-order valence-corrected chi connectivity index (χ2v) is 7.24. The van der Waals surface area contributed by atoms with Gasteiger partial charge in [0.05, 0.1) is 13.7 Å². The highest BCUT2D eigenvalue weighted by molar-refractivity contribution is 5.96. The normalized spacial score (nSPS) is 10.2. The van der Waals surface area contributed by atoms with Gasteiger partial charge in [-0.3, -0.25) is 25.2 Å². The molecule has 0 saturated carbocycles. The minimum atomic E-state index is -0.500. The minimum Gasteiger partial charge on any atom is -0.493 e. The quantitative estimate of drug-likeness (QED) is 0.405. The predicted octanol–water partition coefficient (Wildman–Crippen LogP) is 2.44. The number of rotatable bonds is 9. The van der Waals surface area contributed by atoms with Crippen molar-refractivity contribution in [3.8, 4) is 17.6 Å². The number of methoxy groups -OCH3 is 1. The largest absolute Gasteiger partial charge is 0.493 e. The lowest BCUT2D eigenvalue weighted by molar-refractivity contribution is -0.121. The SMILES string of the molecule is CCCCOc1ccc(C(=O)NNC(=O)CCc2c(C)[nH]c(=O)c(C#N)c2C)cc1OC. The lowest BCUT2D eigenvalue weighted by Crippen LogP contribution is -2.41. The molecule has 0 radical (unpaired) electrons. The second kappa shape index (κ2) is 11.6. The number of nitrogens with zero attached hydrogens (tertiary/aromatic N) is 1. The first-order valence-electron chi connectivity index (χ1n) is 10.3. The predicted molar refractivity (Wildman–Crippen MR) is 119 cm³/mol. The van der Waals surface area contributed by atoms with Crippen LogP contribution in [-0.4, -0.2) is 30.5 Å². The fourth-order valence-electron chi connectivity index (χ4n) is 3.17. The van der Waals surface area contributed by atoms with Crippen LogP contribution in [0.1, 0.15) is 58.9 Å². The molecule has 0 aliphatic rings. The van der Waals surface area contributed by atoms with Crippen LogP contribution in [0.2, 0.25) is 0 Å². The van der Waals surface area contributed by atoms with Crippen LogP contribution in [-0.2, 0) is 11.2 Å². The lowest BCUT2D eigenvalue weighted by Gasteiger charge is -2.13. The molecule has 170 valence electrons. The molecule has 2 amide bonds. The number of aryl methyl sites for hydroxylation is 1. The van der Waals surface area contributed by atoms with E-state index in [0.717, 1.165) is 18.4 Å². The fourth-order valence-corrected chi connectivity index (χ4v) is 3.17. The molecule has 0 spiro atoms. The van der Waals surface area contributed by atoms with Crippen LogP contribution in [0.15, 0.2) is 23.0 Å². The highest BCUT2D eigenvalue weighted by atomic mass is 16.5. The Labute approximate surface area is 186 Å². The first-order valence-corrected chi connectivity index (χ1v) is 10.3. The monoisotopic (exact) mass is 440 g/mol. The first-order chi connectivity index (χ1) is 15.3. The Morgan fingerprint density at radius 2 is 1.94 bits per heavy atom. The molecule has 1 heterocycles. The van der Waals surface area contributed by atoms with E-state index in [1.54, 1.807) is 32.0 Å². The smallest absolute Gasteiger partial charge is 0.269 e. The van der Waals surface area contributed by atoms with Gasteiger partial charge in [-0.25, -0.2) is 0 Å². The van der Waals surface area contributed by atoms with Crippen LogP contribution in [0.25, 0.3) is 0 Å². The Morgan fingerprint density at radius 1 is 1.19 bits per heavy atom. The average Bonchev–Trinajstić information content (AvgIpc) is 2.77. The van der Waals surface area contributed by atoms with Crippen molar-refractivity contribution in [2.45, 2.75) is 46.5 Å². The number of ether oxygens (including phenoxy) is 2. The van der Waals surface area contributed by atoms with Crippen molar-refractivity contribution < 1.29 is 19.1 Å². The van der Waals surface area contributed by atoms with Gasteiger partial charge in [0.2, 0.25) is 5.91 Å². The molecule has 3 N–H and O–H groups in total. The number of unbranched alkanes of at least 4 members (excludes halogenated alkanes) is 1. The minimum absolute atomic E-state index is 0.0374. The number of aromatic nitrogens is 1. The number of hydrogen-bond donors (Lipinski definition) is 3. The summed E-state index contributed by atoms with van der Waals surface area (Å²) >= 11 is 0. The zero-order chi connectivity index (χ0) is 23.7. The highest BCUT2D eigenvalue weighted by Gasteiger charge is 2.15. The summed E-state index contributed by atoms with van der Waals surface area (Å²) in [6.45, 7) is 6.01. The summed E-state index contributed by atoms with van der Waals surface area (Å²) in [5.74, 6) is 0.0654. The number of benzene rings is 1. The maximum atomic E-state index is 12.4. The Hall–Kier alpha value is -3.80. The molecule has 9 nitrogen and oxygen atoms in total. The van der Waals surface area contributed by atoms with Gasteiger partial charge < -0.3 is 14.5 Å². The van der Waals surface area contributed by atoms with E-state index < -0.39 is 17.4 Å². The molecule has 0 aliphatic carbocycles. The van der Waals surface area contributed by atoms with E-state index in [-0.39, 0.29) is 12.0 Å². The van der Waals surface area contributed by atoms with Gasteiger partial charge in [0.25, 0.3) is 11.5 Å². The van der Waals surface area contributed by atoms with Crippen molar-refractivity contribution in [1.82, 2.24) is 15.8 Å². The van der Waals surface area contributed by atoms with Crippen molar-refractivity contribution in [1.29, 1.82) is 5.26 Å². The highest BCUT2D eigenvalue weighted by Crippen LogP contribution is 2.28. The maximum Gasteiger partial charge on any atom is 0.269 e. The van der Waals surface area contributed by atoms with Gasteiger partial charge in [0, 0.05) is 17.7 Å². The van der Waals surface area contributed by atoms with Gasteiger partial charge in [-0.1, -0.05) is 13.3 Å². The van der Waals surface area contributed by atoms with E-state index in [4.69, 9.17) is 14.7 Å². The van der Waals surface area contributed by atoms with Crippen LogP contribution >= 0.6 is 0 Å². The number of amides is 2. The van der Waals surface area contributed by atoms with Crippen molar-refractivity contribution in [3.63, 3.8) is 0 Å². The summed E-state index contributed by atoms with van der Waals surface area (Å²) in [6, 6.07) is 6.66. The Bertz CT molecular complexity index is 1090. The number of H-pyrrole nitrogens is 1. The van der Waals surface area contributed by atoms with E-state index in [1.807, 2.05) is 6.07 Å². The summed E-state index contributed by atoms with van der Waals surface area (Å²) in [5.41, 5.74) is 6.54. The molecule has 0 saturated heterocycles. The summed E-state index contributed by atoms with van der Waals surface area (Å²) in [4.78, 5) is 39.0. The average molecular weight is 441 g/mol. The van der Waals surface area contributed by atoms with Crippen LogP contribution in [0.3, 0.4) is 0 Å². The second-order valence-electron chi connectivity index (χ2n) is 7.24. The summed E-state index contributed by atoms with van der Waals surface area (Å²) < 4.78 is 10.9. The summed E-state index contributed by atoms with van der Waals surface area (Å²) in [6.07, 6.45) is 2.28. The molecule has 0 aliphatic heterocycles. The molecule has 1 aromatic heterocycles. The van der Waals surface area contributed by atoms with Crippen molar-refractivity contribution in [3.05, 3.63) is 56.5 Å². The molecule has 2 rings (SSSR count). The van der Waals surface area contributed by atoms with Gasteiger partial charge in [-0.2, -0.15) is 5.26 Å². The third-order valence-electron chi connectivity index (χ3n) is 5.02. The van der Waals surface area contributed by atoms with Crippen molar-refractivity contribution in [2.24, 2.45) is 0 Å². The molecular weight excluding hydrogens is 412 g/mol. The molecule has 32 heavy (non-hydrogen) atoms. The Kier molecular flexibility index (Phi) is 8.83. The Morgan fingerprint density at radius 3 is 2.59 bits per heavy atom. The van der Waals surface area contributed by atoms with Crippen LogP contribution in [0.5, 0.6) is 11.5 Å². The van der Waals surface area contributed by atoms with E-state index in [0.29, 0.717) is 41.3 Å². The summed E-state index contributed by atoms with van der Waals surface area (Å²) in [7, 11) is 1.49. The lowest BCUT2D eigenvalue weighted by atomic mass is 9.99. The number of aromatic amines is 1. The third kappa shape index (κ3) is 6.11. The van der Waals surface area contributed by atoms with Crippen molar-refractivity contribution >= 4 is 11.8 Å². The molecule has 9 heteroatoms. The van der Waals surface area contributed by atoms with Crippen LogP contribution in [0.4, 0.5) is 0 Å². The number of nitriles is 1. The number of nitrogens with one attached hydrogen (secondary N) is 3. The van der Waals surface area contributed by atoms with Gasteiger partial charge in [-0.15, -0.1) is 0 Å². The fraction of sp³-hybridized carbons (Fsp3) is 0.391. The molecule has 1 aromatic carbocycles. The van der Waals surface area contributed by atoms with Crippen molar-refractivity contribution in [2.75, 3.05) is 13.7 Å². The van der Waals surface area contributed by atoms with E-state index >= 15 is 0 Å². The number of carbonyl (C=O) groups is 2. The van der Waals surface area contributed by atoms with Gasteiger partial charge in [0.1, 0.15) is 11.6 Å². The molecular formula is C23H28N4O5. The number of pyridine rings is 1. The summed E-state index contributed by atoms with van der Waals surface area (Å²) in [5, 5.41) is 9.14.